The maximum absolute atomic E-state index is 13.0. The molecule has 5 rings (SSSR count). The van der Waals surface area contributed by atoms with E-state index in [0.29, 0.717) is 17.2 Å². The molecule has 0 saturated carbocycles. The molecule has 1 aliphatic rings. The molecule has 0 fully saturated rings. The van der Waals surface area contributed by atoms with Crippen molar-refractivity contribution in [1.29, 1.82) is 0 Å². The summed E-state index contributed by atoms with van der Waals surface area (Å²) in [6, 6.07) is 14.0. The predicted octanol–water partition coefficient (Wildman–Crippen LogP) is 5.42. The van der Waals surface area contributed by atoms with Gasteiger partial charge in [0, 0.05) is 30.9 Å². The minimum absolute atomic E-state index is 0.198. The lowest BCUT2D eigenvalue weighted by molar-refractivity contribution is -0.140. The number of rotatable bonds is 6. The average molecular weight is 538 g/mol. The van der Waals surface area contributed by atoms with Crippen LogP contribution in [0.2, 0.25) is 0 Å². The molecule has 9 nitrogen and oxygen atoms in total. The minimum atomic E-state index is -4.52. The second-order valence-electron chi connectivity index (χ2n) is 9.51. The topological polar surface area (TPSA) is 117 Å². The highest BCUT2D eigenvalue weighted by Crippen LogP contribution is 2.35. The van der Waals surface area contributed by atoms with Gasteiger partial charge in [0.15, 0.2) is 23.6 Å². The molecular weight excluding hydrogens is 511 g/mol. The van der Waals surface area contributed by atoms with Crippen LogP contribution in [0.4, 0.5) is 29.5 Å². The van der Waals surface area contributed by atoms with Crippen LogP contribution in [0.5, 0.6) is 0 Å². The highest BCUT2D eigenvalue weighted by Gasteiger charge is 2.34. The Kier molecular flexibility index (Phi) is 6.73. The zero-order valence-electron chi connectivity index (χ0n) is 21.3. The number of nitrogens with one attached hydrogen (secondary N) is 3. The van der Waals surface area contributed by atoms with Gasteiger partial charge in [-0.15, -0.1) is 0 Å². The molecule has 4 aromatic rings. The van der Waals surface area contributed by atoms with Crippen LogP contribution in [0, 0.1) is 0 Å². The molecule has 12 heteroatoms. The van der Waals surface area contributed by atoms with Crippen molar-refractivity contribution in [2.45, 2.75) is 38.7 Å². The number of nitrogens with zero attached hydrogens (tertiary/aromatic N) is 4. The number of aromatic nitrogens is 4. The summed E-state index contributed by atoms with van der Waals surface area (Å²) in [5.41, 5.74) is 2.72. The first-order valence-corrected chi connectivity index (χ1v) is 12.2. The number of hydrogen-bond acceptors (Lipinski definition) is 6. The molecule has 0 bridgehead atoms. The lowest BCUT2D eigenvalue weighted by atomic mass is 9.96. The summed E-state index contributed by atoms with van der Waals surface area (Å²) in [6.07, 6.45) is -4.89. The van der Waals surface area contributed by atoms with Crippen LogP contribution in [-0.2, 0) is 19.8 Å². The Morgan fingerprint density at radius 1 is 1.08 bits per heavy atom. The van der Waals surface area contributed by atoms with E-state index in [1.165, 1.54) is 11.6 Å². The van der Waals surface area contributed by atoms with Gasteiger partial charge in [-0.2, -0.15) is 13.2 Å². The summed E-state index contributed by atoms with van der Waals surface area (Å²) in [4.78, 5) is 25.1. The zero-order chi connectivity index (χ0) is 27.9. The van der Waals surface area contributed by atoms with Gasteiger partial charge in [0.1, 0.15) is 17.2 Å². The first-order valence-electron chi connectivity index (χ1n) is 12.2. The fourth-order valence-corrected chi connectivity index (χ4v) is 4.42. The Hall–Kier alpha value is -4.45. The Labute approximate surface area is 222 Å². The van der Waals surface area contributed by atoms with E-state index in [4.69, 9.17) is 4.98 Å². The Bertz CT molecular complexity index is 1530. The molecule has 0 saturated heterocycles. The number of anilines is 2. The van der Waals surface area contributed by atoms with Gasteiger partial charge < -0.3 is 25.6 Å². The number of alkyl halides is 3. The smallest absolute Gasteiger partial charge is 0.368 e. The van der Waals surface area contributed by atoms with Crippen molar-refractivity contribution < 1.29 is 23.1 Å². The van der Waals surface area contributed by atoms with Crippen molar-refractivity contribution in [3.63, 3.8) is 0 Å². The first-order chi connectivity index (χ1) is 18.5. The number of aryl methyl sites for hydroxylation is 1. The van der Waals surface area contributed by atoms with Gasteiger partial charge in [0.2, 0.25) is 0 Å². The molecule has 0 radical (unpaired) electrons. The maximum Gasteiger partial charge on any atom is 0.434 e. The van der Waals surface area contributed by atoms with Gasteiger partial charge in [0.25, 0.3) is 0 Å². The molecule has 3 heterocycles. The van der Waals surface area contributed by atoms with Crippen molar-refractivity contribution in [3.8, 4) is 22.8 Å². The largest absolute Gasteiger partial charge is 0.434 e. The third kappa shape index (κ3) is 5.28. The number of aliphatic hydroxyl groups excluding tert-OH is 1. The summed E-state index contributed by atoms with van der Waals surface area (Å²) < 4.78 is 40.5. The second kappa shape index (κ2) is 10.0. The highest BCUT2D eigenvalue weighted by molar-refractivity contribution is 5.96. The van der Waals surface area contributed by atoms with Crippen molar-refractivity contribution >= 4 is 17.5 Å². The number of urea groups is 1. The van der Waals surface area contributed by atoms with Gasteiger partial charge in [0.05, 0.1) is 0 Å². The van der Waals surface area contributed by atoms with Gasteiger partial charge >= 0.3 is 12.2 Å². The average Bonchev–Trinajstić information content (AvgIpc) is 3.30. The summed E-state index contributed by atoms with van der Waals surface area (Å²) in [5, 5.41) is 18.8. The zero-order valence-corrected chi connectivity index (χ0v) is 21.3. The van der Waals surface area contributed by atoms with Gasteiger partial charge in [-0.25, -0.2) is 19.7 Å². The van der Waals surface area contributed by atoms with E-state index in [-0.39, 0.29) is 29.7 Å². The van der Waals surface area contributed by atoms with Crippen LogP contribution in [0.1, 0.15) is 48.5 Å². The number of carbonyl (C=O) groups is 1. The lowest BCUT2D eigenvalue weighted by Gasteiger charge is -2.25. The van der Waals surface area contributed by atoms with Crippen LogP contribution < -0.4 is 16.0 Å². The monoisotopic (exact) mass is 537 g/mol. The third-order valence-corrected chi connectivity index (χ3v) is 6.36. The second-order valence-corrected chi connectivity index (χ2v) is 9.51. The molecule has 4 N–H and O–H groups in total. The SMILES string of the molecule is CC(C)c1ccccc1-c1nc(NCc2ccc(-c3nc(C(F)(F)F)cn3C)cc2)c2c(n1)C(O)NC(=O)N2. The Morgan fingerprint density at radius 3 is 2.46 bits per heavy atom. The number of fused-ring (bicyclic) bond motifs is 1. The molecule has 2 aromatic carbocycles. The molecule has 0 spiro atoms. The first kappa shape index (κ1) is 26.2. The van der Waals surface area contributed by atoms with Crippen LogP contribution in [-0.4, -0.2) is 30.7 Å². The predicted molar refractivity (Wildman–Crippen MR) is 140 cm³/mol. The number of carbonyl (C=O) groups excluding carboxylic acids is 1. The molecule has 2 aromatic heterocycles. The molecule has 39 heavy (non-hydrogen) atoms. The number of benzene rings is 2. The van der Waals surface area contributed by atoms with Gasteiger partial charge in [-0.05, 0) is 17.0 Å². The molecule has 202 valence electrons. The molecule has 1 aliphatic heterocycles. The normalized spacial score (nSPS) is 15.1. The standard InChI is InChI=1S/C27H26F3N7O2/c1-14(2)17-6-4-5-7-18(17)22-33-21-20(34-26(39)36-25(21)38)23(35-22)31-12-15-8-10-16(11-9-15)24-32-19(13-37(24)3)27(28,29)30/h4-11,13-14,25,38H,12H2,1-3H3,(H,31,33,35)(H2,34,36,39). The van der Waals surface area contributed by atoms with Crippen molar-refractivity contribution in [3.05, 3.63) is 77.2 Å². The molecule has 1 unspecified atom stereocenters. The van der Waals surface area contributed by atoms with E-state index in [9.17, 15) is 23.1 Å². The third-order valence-electron chi connectivity index (χ3n) is 6.36. The molecule has 0 aliphatic carbocycles. The van der Waals surface area contributed by atoms with Crippen molar-refractivity contribution in [1.82, 2.24) is 24.8 Å². The fourth-order valence-electron chi connectivity index (χ4n) is 4.42. The minimum Gasteiger partial charge on any atom is -0.368 e. The van der Waals surface area contributed by atoms with Gasteiger partial charge in [-0.1, -0.05) is 62.4 Å². The Morgan fingerprint density at radius 2 is 1.79 bits per heavy atom. The van der Waals surface area contributed by atoms with Crippen LogP contribution >= 0.6 is 0 Å². The molecule has 1 atom stereocenters. The fraction of sp³-hybridized carbons (Fsp3) is 0.259. The number of amides is 2. The van der Waals surface area contributed by atoms with Crippen LogP contribution in [0.3, 0.4) is 0 Å². The van der Waals surface area contributed by atoms with E-state index in [2.05, 4.69) is 39.8 Å². The van der Waals surface area contributed by atoms with E-state index in [1.807, 2.05) is 24.3 Å². The number of halogens is 3. The van der Waals surface area contributed by atoms with Crippen molar-refractivity contribution in [2.75, 3.05) is 10.6 Å². The molecular formula is C27H26F3N7O2. The number of hydrogen-bond donors (Lipinski definition) is 4. The van der Waals surface area contributed by atoms with Crippen LogP contribution in [0.15, 0.2) is 54.7 Å². The lowest BCUT2D eigenvalue weighted by Crippen LogP contribution is -2.39. The summed E-state index contributed by atoms with van der Waals surface area (Å²) >= 11 is 0. The number of aliphatic hydroxyl groups is 1. The number of imidazole rings is 1. The van der Waals surface area contributed by atoms with Crippen molar-refractivity contribution in [2.24, 2.45) is 7.05 Å². The van der Waals surface area contributed by atoms with E-state index in [0.717, 1.165) is 22.9 Å². The highest BCUT2D eigenvalue weighted by atomic mass is 19.4. The Balaban J connectivity index is 1.45. The van der Waals surface area contributed by atoms with E-state index in [1.54, 1.807) is 24.3 Å². The van der Waals surface area contributed by atoms with Crippen LogP contribution in [0.25, 0.3) is 22.8 Å². The van der Waals surface area contributed by atoms with Gasteiger partial charge in [-0.3, -0.25) is 0 Å². The molecule has 2 amide bonds. The summed E-state index contributed by atoms with van der Waals surface area (Å²) in [5.74, 6) is 1.11. The van der Waals surface area contributed by atoms with E-state index >= 15 is 0 Å². The van der Waals surface area contributed by atoms with E-state index < -0.39 is 24.1 Å². The quantitative estimate of drug-likeness (QED) is 0.261. The summed E-state index contributed by atoms with van der Waals surface area (Å²) in [6.45, 7) is 4.40. The summed E-state index contributed by atoms with van der Waals surface area (Å²) in [7, 11) is 1.51. The maximum atomic E-state index is 13.0.